The van der Waals surface area contributed by atoms with Gasteiger partial charge in [0.15, 0.2) is 6.29 Å². The van der Waals surface area contributed by atoms with E-state index in [1.54, 1.807) is 13.8 Å². The second-order valence-electron chi connectivity index (χ2n) is 4.56. The quantitative estimate of drug-likeness (QED) is 0.662. The van der Waals surface area contributed by atoms with Crippen LogP contribution in [0.15, 0.2) is 12.3 Å². The van der Waals surface area contributed by atoms with Crippen molar-refractivity contribution in [3.63, 3.8) is 0 Å². The van der Waals surface area contributed by atoms with Crippen molar-refractivity contribution in [1.29, 1.82) is 0 Å². The van der Waals surface area contributed by atoms with Gasteiger partial charge in [-0.05, 0) is 26.3 Å². The third-order valence-electron chi connectivity index (χ3n) is 2.82. The Kier molecular flexibility index (Phi) is 6.63. The molecule has 0 saturated heterocycles. The number of nitrogen functional groups attached to an aromatic ring is 1. The Morgan fingerprint density at radius 2 is 2.11 bits per heavy atom. The van der Waals surface area contributed by atoms with Crippen molar-refractivity contribution >= 4 is 18.1 Å². The summed E-state index contributed by atoms with van der Waals surface area (Å²) in [5, 5.41) is 0. The summed E-state index contributed by atoms with van der Waals surface area (Å²) in [6.07, 6.45) is 2.83. The predicted molar refractivity (Wildman–Crippen MR) is 73.1 cm³/mol. The van der Waals surface area contributed by atoms with Crippen LogP contribution in [0, 0.1) is 5.41 Å². The Balaban J connectivity index is 0.000000342. The van der Waals surface area contributed by atoms with Gasteiger partial charge < -0.3 is 17.2 Å². The molecule has 1 aromatic rings. The van der Waals surface area contributed by atoms with Crippen LogP contribution in [0.3, 0.4) is 0 Å². The van der Waals surface area contributed by atoms with Gasteiger partial charge in [-0.1, -0.05) is 6.92 Å². The van der Waals surface area contributed by atoms with Crippen LogP contribution < -0.4 is 17.2 Å². The number of aromatic nitrogens is 2. The molecule has 0 saturated carbocycles. The lowest BCUT2D eigenvalue weighted by molar-refractivity contribution is -0.127. The van der Waals surface area contributed by atoms with E-state index in [-0.39, 0.29) is 17.9 Å². The van der Waals surface area contributed by atoms with Crippen LogP contribution in [-0.2, 0) is 4.79 Å². The molecular formula is C12H21N5O2. The minimum absolute atomic E-state index is 0.125. The lowest BCUT2D eigenvalue weighted by atomic mass is 9.83. The minimum Gasteiger partial charge on any atom is -0.369 e. The highest BCUT2D eigenvalue weighted by molar-refractivity contribution is 5.80. The fourth-order valence-corrected chi connectivity index (χ4v) is 1.15. The third kappa shape index (κ3) is 5.43. The van der Waals surface area contributed by atoms with Crippen LogP contribution in [-0.4, -0.2) is 28.2 Å². The monoisotopic (exact) mass is 267 g/mol. The summed E-state index contributed by atoms with van der Waals surface area (Å²) in [5.41, 5.74) is 15.7. The molecule has 106 valence electrons. The van der Waals surface area contributed by atoms with Crippen molar-refractivity contribution in [2.24, 2.45) is 16.9 Å². The van der Waals surface area contributed by atoms with Crippen LogP contribution >= 0.6 is 0 Å². The van der Waals surface area contributed by atoms with E-state index >= 15 is 0 Å². The highest BCUT2D eigenvalue weighted by Gasteiger charge is 2.30. The first-order chi connectivity index (χ1) is 8.75. The highest BCUT2D eigenvalue weighted by atomic mass is 16.1. The standard InChI is InChI=1S/C7H16N2O.C5H5N3O/c1-4-5(8)7(2,3)6(9)10;6-5-7-2-1-4(3-9)8-5/h5H,4,8H2,1-3H3,(H2,9,10);1-3H,(H2,6,7,8). The lowest BCUT2D eigenvalue weighted by Crippen LogP contribution is -2.46. The van der Waals surface area contributed by atoms with E-state index in [9.17, 15) is 9.59 Å². The average molecular weight is 267 g/mol. The zero-order chi connectivity index (χ0) is 15.1. The molecule has 6 N–H and O–H groups in total. The first-order valence-electron chi connectivity index (χ1n) is 5.84. The van der Waals surface area contributed by atoms with Gasteiger partial charge in [-0.25, -0.2) is 9.97 Å². The van der Waals surface area contributed by atoms with E-state index < -0.39 is 5.41 Å². The number of nitrogens with two attached hydrogens (primary N) is 3. The van der Waals surface area contributed by atoms with Gasteiger partial charge in [0.2, 0.25) is 11.9 Å². The molecule has 1 heterocycles. The lowest BCUT2D eigenvalue weighted by Gasteiger charge is -2.26. The summed E-state index contributed by atoms with van der Waals surface area (Å²) in [4.78, 5) is 28.0. The molecule has 1 aromatic heterocycles. The molecule has 0 radical (unpaired) electrons. The van der Waals surface area contributed by atoms with Gasteiger partial charge in [0.1, 0.15) is 5.69 Å². The molecule has 1 amide bonds. The maximum Gasteiger partial charge on any atom is 0.224 e. The smallest absolute Gasteiger partial charge is 0.224 e. The van der Waals surface area contributed by atoms with Crippen molar-refractivity contribution in [3.8, 4) is 0 Å². The summed E-state index contributed by atoms with van der Waals surface area (Å²) in [6, 6.07) is 1.36. The number of hydrogen-bond donors (Lipinski definition) is 3. The maximum atomic E-state index is 10.8. The highest BCUT2D eigenvalue weighted by Crippen LogP contribution is 2.19. The Morgan fingerprint density at radius 3 is 2.37 bits per heavy atom. The van der Waals surface area contributed by atoms with Gasteiger partial charge in [-0.3, -0.25) is 9.59 Å². The van der Waals surface area contributed by atoms with Crippen molar-refractivity contribution in [2.45, 2.75) is 33.2 Å². The molecule has 0 aliphatic carbocycles. The first-order valence-corrected chi connectivity index (χ1v) is 5.84. The molecule has 1 atom stereocenters. The fraction of sp³-hybridized carbons (Fsp3) is 0.500. The molecule has 0 fully saturated rings. The van der Waals surface area contributed by atoms with E-state index in [0.29, 0.717) is 12.0 Å². The molecular weight excluding hydrogens is 246 g/mol. The summed E-state index contributed by atoms with van der Waals surface area (Å²) in [6.45, 7) is 5.47. The number of carbonyl (C=O) groups excluding carboxylic acids is 2. The van der Waals surface area contributed by atoms with E-state index in [1.165, 1.54) is 12.3 Å². The summed E-state index contributed by atoms with van der Waals surface area (Å²) < 4.78 is 0. The van der Waals surface area contributed by atoms with E-state index in [2.05, 4.69) is 9.97 Å². The molecule has 7 heteroatoms. The van der Waals surface area contributed by atoms with Crippen molar-refractivity contribution in [2.75, 3.05) is 5.73 Å². The number of nitrogens with zero attached hydrogens (tertiary/aromatic N) is 2. The summed E-state index contributed by atoms with van der Waals surface area (Å²) in [5.74, 6) is -0.207. The number of rotatable bonds is 4. The topological polar surface area (TPSA) is 138 Å². The second-order valence-corrected chi connectivity index (χ2v) is 4.56. The Bertz CT molecular complexity index is 434. The SMILES string of the molecule is CCC(N)C(C)(C)C(N)=O.Nc1nccc(C=O)n1. The summed E-state index contributed by atoms with van der Waals surface area (Å²) in [7, 11) is 0. The van der Waals surface area contributed by atoms with Crippen molar-refractivity contribution in [1.82, 2.24) is 9.97 Å². The molecule has 1 unspecified atom stereocenters. The first kappa shape index (κ1) is 17.0. The fourth-order valence-electron chi connectivity index (χ4n) is 1.15. The molecule has 0 aliphatic rings. The van der Waals surface area contributed by atoms with E-state index in [1.807, 2.05) is 6.92 Å². The number of carbonyl (C=O) groups is 2. The molecule has 0 bridgehead atoms. The number of anilines is 1. The van der Waals surface area contributed by atoms with E-state index in [0.717, 1.165) is 6.42 Å². The molecule has 1 rings (SSSR count). The van der Waals surface area contributed by atoms with Crippen molar-refractivity contribution in [3.05, 3.63) is 18.0 Å². The van der Waals surface area contributed by atoms with Gasteiger partial charge in [-0.15, -0.1) is 0 Å². The molecule has 0 aliphatic heterocycles. The van der Waals surface area contributed by atoms with E-state index in [4.69, 9.17) is 17.2 Å². The zero-order valence-corrected chi connectivity index (χ0v) is 11.5. The van der Waals surface area contributed by atoms with Crippen LogP contribution in [0.1, 0.15) is 37.7 Å². The van der Waals surface area contributed by atoms with Crippen LogP contribution in [0.4, 0.5) is 5.95 Å². The maximum absolute atomic E-state index is 10.8. The average Bonchev–Trinajstić information content (AvgIpc) is 2.38. The van der Waals surface area contributed by atoms with Gasteiger partial charge in [0, 0.05) is 12.2 Å². The number of primary amides is 1. The summed E-state index contributed by atoms with van der Waals surface area (Å²) >= 11 is 0. The minimum atomic E-state index is -0.575. The second kappa shape index (κ2) is 7.42. The molecule has 0 spiro atoms. The Morgan fingerprint density at radius 1 is 1.53 bits per heavy atom. The molecule has 0 aromatic carbocycles. The normalized spacial score (nSPS) is 12.0. The third-order valence-corrected chi connectivity index (χ3v) is 2.82. The van der Waals surface area contributed by atoms with Gasteiger partial charge in [0.25, 0.3) is 0 Å². The number of hydrogen-bond acceptors (Lipinski definition) is 6. The number of amides is 1. The van der Waals surface area contributed by atoms with Crippen molar-refractivity contribution < 1.29 is 9.59 Å². The van der Waals surface area contributed by atoms with Crippen LogP contribution in [0.2, 0.25) is 0 Å². The van der Waals surface area contributed by atoms with Crippen LogP contribution in [0.5, 0.6) is 0 Å². The molecule has 19 heavy (non-hydrogen) atoms. The molecule has 7 nitrogen and oxygen atoms in total. The van der Waals surface area contributed by atoms with Gasteiger partial charge in [0.05, 0.1) is 5.41 Å². The largest absolute Gasteiger partial charge is 0.369 e. The Hall–Kier alpha value is -2.02. The van der Waals surface area contributed by atoms with Crippen LogP contribution in [0.25, 0.3) is 0 Å². The predicted octanol–water partition coefficient (Wildman–Crippen LogP) is 0.107. The Labute approximate surface area is 112 Å². The van der Waals surface area contributed by atoms with Gasteiger partial charge >= 0.3 is 0 Å². The number of aldehydes is 1. The zero-order valence-electron chi connectivity index (χ0n) is 11.5. The van der Waals surface area contributed by atoms with Gasteiger partial charge in [-0.2, -0.15) is 0 Å².